The van der Waals surface area contributed by atoms with E-state index in [9.17, 15) is 4.79 Å². The summed E-state index contributed by atoms with van der Waals surface area (Å²) in [7, 11) is 0. The summed E-state index contributed by atoms with van der Waals surface area (Å²) in [6.07, 6.45) is 4.56. The van der Waals surface area contributed by atoms with Crippen LogP contribution in [0.3, 0.4) is 0 Å². The fourth-order valence-electron chi connectivity index (χ4n) is 2.29. The maximum atomic E-state index is 11.6. The second-order valence-corrected chi connectivity index (χ2v) is 4.67. The molecule has 0 saturated carbocycles. The summed E-state index contributed by atoms with van der Waals surface area (Å²) in [5, 5.41) is 2.92. The predicted molar refractivity (Wildman–Crippen MR) is 66.1 cm³/mol. The largest absolute Gasteiger partial charge is 0.355 e. The Labute approximate surface area is 98.6 Å². The summed E-state index contributed by atoms with van der Waals surface area (Å²) in [4.78, 5) is 13.8. The fourth-order valence-corrected chi connectivity index (χ4v) is 2.29. The number of likely N-dealkylation sites (tertiary alicyclic amines) is 1. The van der Waals surface area contributed by atoms with Crippen molar-refractivity contribution in [1.29, 1.82) is 0 Å². The van der Waals surface area contributed by atoms with Crippen LogP contribution in [0.25, 0.3) is 0 Å². The molecule has 16 heavy (non-hydrogen) atoms. The number of nitrogens with two attached hydrogens (primary N) is 1. The lowest BCUT2D eigenvalue weighted by molar-refractivity contribution is -0.122. The molecular weight excluding hydrogens is 202 g/mol. The molecule has 1 atom stereocenters. The third kappa shape index (κ3) is 4.94. The molecule has 1 aliphatic rings. The summed E-state index contributed by atoms with van der Waals surface area (Å²) >= 11 is 0. The predicted octanol–water partition coefficient (Wildman–Crippen LogP) is 0.573. The van der Waals surface area contributed by atoms with Crippen molar-refractivity contribution >= 4 is 5.91 Å². The average Bonchev–Trinajstić information content (AvgIpc) is 2.27. The number of carbonyl (C=O) groups excluding carboxylic acids is 1. The van der Waals surface area contributed by atoms with Gasteiger partial charge < -0.3 is 11.1 Å². The number of hydrogen-bond donors (Lipinski definition) is 2. The van der Waals surface area contributed by atoms with Crippen LogP contribution in [-0.2, 0) is 4.79 Å². The number of piperidine rings is 1. The van der Waals surface area contributed by atoms with E-state index in [1.807, 2.05) is 0 Å². The average molecular weight is 227 g/mol. The Kier molecular flexibility index (Phi) is 6.42. The van der Waals surface area contributed by atoms with Gasteiger partial charge in [-0.25, -0.2) is 0 Å². The van der Waals surface area contributed by atoms with Crippen LogP contribution in [0.5, 0.6) is 0 Å². The Morgan fingerprint density at radius 1 is 1.56 bits per heavy atom. The first-order valence-corrected chi connectivity index (χ1v) is 6.45. The summed E-state index contributed by atoms with van der Waals surface area (Å²) in [6.45, 7) is 6.27. The van der Waals surface area contributed by atoms with Gasteiger partial charge in [0.25, 0.3) is 0 Å². The summed E-state index contributed by atoms with van der Waals surface area (Å²) in [5.74, 6) is 0.855. The number of carbonyl (C=O) groups is 1. The van der Waals surface area contributed by atoms with E-state index in [2.05, 4.69) is 17.1 Å². The quantitative estimate of drug-likeness (QED) is 0.697. The highest BCUT2D eigenvalue weighted by Crippen LogP contribution is 2.18. The highest BCUT2D eigenvalue weighted by molar-refractivity contribution is 5.77. The van der Waals surface area contributed by atoms with E-state index in [0.717, 1.165) is 39.0 Å². The van der Waals surface area contributed by atoms with Gasteiger partial charge in [0, 0.05) is 13.1 Å². The van der Waals surface area contributed by atoms with Crippen molar-refractivity contribution in [2.24, 2.45) is 11.7 Å². The highest BCUT2D eigenvalue weighted by atomic mass is 16.2. The van der Waals surface area contributed by atoms with E-state index < -0.39 is 0 Å². The highest BCUT2D eigenvalue weighted by Gasteiger charge is 2.20. The van der Waals surface area contributed by atoms with Gasteiger partial charge in [-0.2, -0.15) is 0 Å². The van der Waals surface area contributed by atoms with E-state index in [1.54, 1.807) is 0 Å². The van der Waals surface area contributed by atoms with Crippen LogP contribution < -0.4 is 11.1 Å². The minimum absolute atomic E-state index is 0.162. The van der Waals surface area contributed by atoms with Gasteiger partial charge in [-0.3, -0.25) is 9.69 Å². The number of nitrogens with zero attached hydrogens (tertiary/aromatic N) is 1. The van der Waals surface area contributed by atoms with E-state index in [0.29, 0.717) is 12.5 Å². The summed E-state index contributed by atoms with van der Waals surface area (Å²) < 4.78 is 0. The Bertz CT molecular complexity index is 206. The molecule has 1 unspecified atom stereocenters. The minimum Gasteiger partial charge on any atom is -0.355 e. The topological polar surface area (TPSA) is 58.4 Å². The zero-order chi connectivity index (χ0) is 11.8. The first kappa shape index (κ1) is 13.5. The van der Waals surface area contributed by atoms with Crippen LogP contribution in [-0.4, -0.2) is 43.5 Å². The minimum atomic E-state index is 0.162. The van der Waals surface area contributed by atoms with Gasteiger partial charge in [0.15, 0.2) is 0 Å². The number of hydrogen-bond acceptors (Lipinski definition) is 3. The van der Waals surface area contributed by atoms with Crippen molar-refractivity contribution in [3.63, 3.8) is 0 Å². The maximum absolute atomic E-state index is 11.6. The number of amides is 1. The Balaban J connectivity index is 2.22. The molecule has 1 fully saturated rings. The van der Waals surface area contributed by atoms with Crippen LogP contribution in [0.4, 0.5) is 0 Å². The van der Waals surface area contributed by atoms with Crippen molar-refractivity contribution in [2.75, 3.05) is 32.7 Å². The monoisotopic (exact) mass is 227 g/mol. The fraction of sp³-hybridized carbons (Fsp3) is 0.917. The molecule has 4 nitrogen and oxygen atoms in total. The molecule has 0 aromatic rings. The lowest BCUT2D eigenvalue weighted by Gasteiger charge is -2.32. The second-order valence-electron chi connectivity index (χ2n) is 4.67. The van der Waals surface area contributed by atoms with Gasteiger partial charge in [-0.05, 0) is 44.7 Å². The third-order valence-corrected chi connectivity index (χ3v) is 3.12. The first-order valence-electron chi connectivity index (χ1n) is 6.45. The molecule has 0 radical (unpaired) electrons. The standard InChI is InChI=1S/C12H25N3O/c1-2-7-14-12(16)10-15-8-3-4-11(9-15)5-6-13/h11H,2-10,13H2,1H3,(H,14,16). The SMILES string of the molecule is CCCNC(=O)CN1CCCC(CCN)C1. The molecule has 0 aromatic carbocycles. The third-order valence-electron chi connectivity index (χ3n) is 3.12. The number of rotatable bonds is 6. The van der Waals surface area contributed by atoms with Crippen LogP contribution in [0.15, 0.2) is 0 Å². The van der Waals surface area contributed by atoms with Gasteiger partial charge in [-0.1, -0.05) is 6.92 Å². The number of nitrogens with one attached hydrogen (secondary N) is 1. The van der Waals surface area contributed by atoms with Gasteiger partial charge in [0.2, 0.25) is 5.91 Å². The second kappa shape index (κ2) is 7.63. The van der Waals surface area contributed by atoms with Crippen LogP contribution in [0.1, 0.15) is 32.6 Å². The van der Waals surface area contributed by atoms with Crippen molar-refractivity contribution < 1.29 is 4.79 Å². The lowest BCUT2D eigenvalue weighted by Crippen LogP contribution is -2.43. The Morgan fingerprint density at radius 3 is 3.06 bits per heavy atom. The molecule has 1 rings (SSSR count). The van der Waals surface area contributed by atoms with E-state index in [1.165, 1.54) is 12.8 Å². The Morgan fingerprint density at radius 2 is 2.38 bits per heavy atom. The van der Waals surface area contributed by atoms with E-state index in [4.69, 9.17) is 5.73 Å². The molecule has 3 N–H and O–H groups in total. The molecule has 0 bridgehead atoms. The van der Waals surface area contributed by atoms with Crippen LogP contribution in [0, 0.1) is 5.92 Å². The summed E-state index contributed by atoms with van der Waals surface area (Å²) in [6, 6.07) is 0. The molecule has 0 spiro atoms. The molecule has 1 amide bonds. The molecule has 1 aliphatic heterocycles. The van der Waals surface area contributed by atoms with E-state index in [-0.39, 0.29) is 5.91 Å². The molecule has 0 aliphatic carbocycles. The van der Waals surface area contributed by atoms with Crippen LogP contribution >= 0.6 is 0 Å². The van der Waals surface area contributed by atoms with Crippen molar-refractivity contribution in [1.82, 2.24) is 10.2 Å². The molecule has 94 valence electrons. The van der Waals surface area contributed by atoms with Crippen molar-refractivity contribution in [3.05, 3.63) is 0 Å². The molecular formula is C12H25N3O. The van der Waals surface area contributed by atoms with E-state index >= 15 is 0 Å². The lowest BCUT2D eigenvalue weighted by atomic mass is 9.95. The smallest absolute Gasteiger partial charge is 0.234 e. The van der Waals surface area contributed by atoms with Gasteiger partial charge in [0.1, 0.15) is 0 Å². The molecule has 1 heterocycles. The zero-order valence-electron chi connectivity index (χ0n) is 10.4. The van der Waals surface area contributed by atoms with Crippen molar-refractivity contribution in [2.45, 2.75) is 32.6 Å². The Hall–Kier alpha value is -0.610. The summed E-state index contributed by atoms with van der Waals surface area (Å²) in [5.41, 5.74) is 5.57. The molecule has 0 aromatic heterocycles. The maximum Gasteiger partial charge on any atom is 0.234 e. The van der Waals surface area contributed by atoms with Crippen molar-refractivity contribution in [3.8, 4) is 0 Å². The van der Waals surface area contributed by atoms with Crippen LogP contribution in [0.2, 0.25) is 0 Å². The van der Waals surface area contributed by atoms with Gasteiger partial charge in [0.05, 0.1) is 6.54 Å². The normalized spacial score (nSPS) is 22.0. The molecule has 1 saturated heterocycles. The molecule has 4 heteroatoms. The zero-order valence-corrected chi connectivity index (χ0v) is 10.4. The van der Waals surface area contributed by atoms with Gasteiger partial charge in [-0.15, -0.1) is 0 Å². The first-order chi connectivity index (χ1) is 7.76. The van der Waals surface area contributed by atoms with Gasteiger partial charge >= 0.3 is 0 Å².